The number of benzene rings is 1. The van der Waals surface area contributed by atoms with Crippen LogP contribution in [0.25, 0.3) is 0 Å². The van der Waals surface area contributed by atoms with Crippen LogP contribution in [0.15, 0.2) is 41.1 Å². The maximum atomic E-state index is 11.5. The van der Waals surface area contributed by atoms with Gasteiger partial charge in [-0.25, -0.2) is 4.79 Å². The fourth-order valence-corrected chi connectivity index (χ4v) is 2.38. The molecule has 1 N–H and O–H groups in total. The number of ether oxygens (including phenoxy) is 2. The summed E-state index contributed by atoms with van der Waals surface area (Å²) in [5, 5.41) is 7.01. The standard InChI is InChI=1S/C17H22BrN3O3/c1-17(2,3)24-16(22)19-9-10-23-14-12-21(20-15(14)18)11-13-7-5-4-6-8-13/h4-8,12H,9-11H2,1-3H3,(H,19,22). The molecular formula is C17H22BrN3O3. The van der Waals surface area contributed by atoms with Crippen molar-refractivity contribution in [1.82, 2.24) is 15.1 Å². The van der Waals surface area contributed by atoms with Crippen LogP contribution in [0, 0.1) is 0 Å². The zero-order valence-electron chi connectivity index (χ0n) is 14.1. The Bertz CT molecular complexity index is 665. The third-order valence-electron chi connectivity index (χ3n) is 2.90. The maximum Gasteiger partial charge on any atom is 0.407 e. The summed E-state index contributed by atoms with van der Waals surface area (Å²) >= 11 is 3.38. The van der Waals surface area contributed by atoms with Crippen molar-refractivity contribution in [2.75, 3.05) is 13.2 Å². The van der Waals surface area contributed by atoms with Crippen molar-refractivity contribution < 1.29 is 14.3 Å². The largest absolute Gasteiger partial charge is 0.487 e. The minimum atomic E-state index is -0.507. The Morgan fingerprint density at radius 3 is 2.67 bits per heavy atom. The third kappa shape index (κ3) is 6.23. The van der Waals surface area contributed by atoms with Gasteiger partial charge in [-0.2, -0.15) is 5.10 Å². The molecule has 2 aromatic rings. The Morgan fingerprint density at radius 1 is 1.29 bits per heavy atom. The van der Waals surface area contributed by atoms with Gasteiger partial charge in [-0.3, -0.25) is 4.68 Å². The second-order valence-electron chi connectivity index (χ2n) is 6.24. The van der Waals surface area contributed by atoms with Crippen LogP contribution in [0.3, 0.4) is 0 Å². The number of alkyl carbamates (subject to hydrolysis) is 1. The van der Waals surface area contributed by atoms with Crippen molar-refractivity contribution in [3.8, 4) is 5.75 Å². The van der Waals surface area contributed by atoms with E-state index in [1.165, 1.54) is 0 Å². The molecule has 1 aromatic heterocycles. The highest BCUT2D eigenvalue weighted by Crippen LogP contribution is 2.23. The van der Waals surface area contributed by atoms with E-state index in [4.69, 9.17) is 9.47 Å². The molecule has 1 aromatic carbocycles. The minimum Gasteiger partial charge on any atom is -0.487 e. The van der Waals surface area contributed by atoms with E-state index >= 15 is 0 Å². The van der Waals surface area contributed by atoms with Gasteiger partial charge in [0.25, 0.3) is 0 Å². The van der Waals surface area contributed by atoms with E-state index in [1.807, 2.05) is 57.3 Å². The summed E-state index contributed by atoms with van der Waals surface area (Å²) in [4.78, 5) is 11.5. The van der Waals surface area contributed by atoms with Gasteiger partial charge in [-0.15, -0.1) is 0 Å². The van der Waals surface area contributed by atoms with E-state index < -0.39 is 11.7 Å². The first-order valence-corrected chi connectivity index (χ1v) is 8.49. The van der Waals surface area contributed by atoms with E-state index in [-0.39, 0.29) is 0 Å². The van der Waals surface area contributed by atoms with Crippen LogP contribution in [0.5, 0.6) is 5.75 Å². The molecule has 0 fully saturated rings. The molecule has 6 nitrogen and oxygen atoms in total. The third-order valence-corrected chi connectivity index (χ3v) is 3.45. The van der Waals surface area contributed by atoms with Crippen LogP contribution in [0.2, 0.25) is 0 Å². The van der Waals surface area contributed by atoms with E-state index in [1.54, 1.807) is 4.68 Å². The van der Waals surface area contributed by atoms with Crippen molar-refractivity contribution >= 4 is 22.0 Å². The van der Waals surface area contributed by atoms with Crippen molar-refractivity contribution in [2.45, 2.75) is 32.9 Å². The number of carbonyl (C=O) groups is 1. The number of aromatic nitrogens is 2. The predicted octanol–water partition coefficient (Wildman–Crippen LogP) is 3.60. The van der Waals surface area contributed by atoms with Crippen LogP contribution < -0.4 is 10.1 Å². The monoisotopic (exact) mass is 395 g/mol. The molecule has 2 rings (SSSR count). The lowest BCUT2D eigenvalue weighted by Crippen LogP contribution is -2.34. The zero-order chi connectivity index (χ0) is 17.6. The summed E-state index contributed by atoms with van der Waals surface area (Å²) in [6, 6.07) is 10.1. The number of nitrogens with one attached hydrogen (secondary N) is 1. The normalized spacial score (nSPS) is 11.2. The maximum absolute atomic E-state index is 11.5. The van der Waals surface area contributed by atoms with Crippen LogP contribution in [-0.2, 0) is 11.3 Å². The van der Waals surface area contributed by atoms with E-state index in [2.05, 4.69) is 26.3 Å². The van der Waals surface area contributed by atoms with Crippen LogP contribution in [0.1, 0.15) is 26.3 Å². The Kier molecular flexibility index (Phi) is 6.25. The van der Waals surface area contributed by atoms with Gasteiger partial charge in [-0.1, -0.05) is 30.3 Å². The average molecular weight is 396 g/mol. The lowest BCUT2D eigenvalue weighted by molar-refractivity contribution is 0.0520. The fourth-order valence-electron chi connectivity index (χ4n) is 1.96. The minimum absolute atomic E-state index is 0.328. The molecule has 1 heterocycles. The molecule has 24 heavy (non-hydrogen) atoms. The molecule has 0 bridgehead atoms. The van der Waals surface area contributed by atoms with Gasteiger partial charge in [0.05, 0.1) is 19.3 Å². The van der Waals surface area contributed by atoms with Gasteiger partial charge in [0.1, 0.15) is 12.2 Å². The second-order valence-corrected chi connectivity index (χ2v) is 7.00. The lowest BCUT2D eigenvalue weighted by atomic mass is 10.2. The average Bonchev–Trinajstić information content (AvgIpc) is 2.83. The zero-order valence-corrected chi connectivity index (χ0v) is 15.7. The summed E-state index contributed by atoms with van der Waals surface area (Å²) in [7, 11) is 0. The van der Waals surface area contributed by atoms with Gasteiger partial charge in [0, 0.05) is 0 Å². The van der Waals surface area contributed by atoms with Gasteiger partial charge in [-0.05, 0) is 42.3 Å². The Morgan fingerprint density at radius 2 is 2.00 bits per heavy atom. The highest BCUT2D eigenvalue weighted by atomic mass is 79.9. The Balaban J connectivity index is 1.78. The SMILES string of the molecule is CC(C)(C)OC(=O)NCCOc1cn(Cc2ccccc2)nc1Br. The van der Waals surface area contributed by atoms with E-state index in [0.29, 0.717) is 30.0 Å². The lowest BCUT2D eigenvalue weighted by Gasteiger charge is -2.19. The summed E-state index contributed by atoms with van der Waals surface area (Å²) in [6.45, 7) is 6.81. The number of hydrogen-bond donors (Lipinski definition) is 1. The van der Waals surface area contributed by atoms with E-state index in [9.17, 15) is 4.79 Å². The number of amides is 1. The van der Waals surface area contributed by atoms with E-state index in [0.717, 1.165) is 5.56 Å². The number of nitrogens with zero attached hydrogens (tertiary/aromatic N) is 2. The molecule has 0 aliphatic rings. The molecule has 1 amide bonds. The molecule has 7 heteroatoms. The summed E-state index contributed by atoms with van der Waals surface area (Å²) < 4.78 is 13.2. The van der Waals surface area contributed by atoms with Crippen LogP contribution >= 0.6 is 15.9 Å². The molecular weight excluding hydrogens is 374 g/mol. The van der Waals surface area contributed by atoms with Gasteiger partial charge >= 0.3 is 6.09 Å². The number of rotatable bonds is 6. The molecule has 0 aliphatic carbocycles. The number of halogens is 1. The van der Waals surface area contributed by atoms with Crippen molar-refractivity contribution in [2.24, 2.45) is 0 Å². The highest BCUT2D eigenvalue weighted by molar-refractivity contribution is 9.10. The van der Waals surface area contributed by atoms with Crippen LogP contribution in [0.4, 0.5) is 4.79 Å². The molecule has 0 aliphatic heterocycles. The van der Waals surface area contributed by atoms with Crippen molar-refractivity contribution in [3.05, 3.63) is 46.7 Å². The first-order valence-electron chi connectivity index (χ1n) is 7.70. The van der Waals surface area contributed by atoms with Gasteiger partial charge in [0.15, 0.2) is 10.4 Å². The Labute approximate surface area is 150 Å². The Hall–Kier alpha value is -2.02. The predicted molar refractivity (Wildman–Crippen MR) is 95.2 cm³/mol. The quantitative estimate of drug-likeness (QED) is 0.758. The molecule has 0 atom stereocenters. The molecule has 0 radical (unpaired) electrons. The molecule has 0 saturated heterocycles. The van der Waals surface area contributed by atoms with Gasteiger partial charge < -0.3 is 14.8 Å². The first kappa shape index (κ1) is 18.3. The molecule has 0 saturated carbocycles. The summed E-state index contributed by atoms with van der Waals surface area (Å²) in [5.74, 6) is 0.636. The topological polar surface area (TPSA) is 65.4 Å². The van der Waals surface area contributed by atoms with Crippen molar-refractivity contribution in [1.29, 1.82) is 0 Å². The molecule has 130 valence electrons. The van der Waals surface area contributed by atoms with Crippen molar-refractivity contribution in [3.63, 3.8) is 0 Å². The second kappa shape index (κ2) is 8.19. The van der Waals surface area contributed by atoms with Crippen LogP contribution in [-0.4, -0.2) is 34.6 Å². The number of carbonyl (C=O) groups excluding carboxylic acids is 1. The molecule has 0 spiro atoms. The summed E-state index contributed by atoms with van der Waals surface area (Å²) in [6.07, 6.45) is 1.37. The van der Waals surface area contributed by atoms with Gasteiger partial charge in [0.2, 0.25) is 0 Å². The summed E-state index contributed by atoms with van der Waals surface area (Å²) in [5.41, 5.74) is 0.651. The smallest absolute Gasteiger partial charge is 0.407 e. The highest BCUT2D eigenvalue weighted by Gasteiger charge is 2.15. The first-order chi connectivity index (χ1) is 11.3. The number of hydrogen-bond acceptors (Lipinski definition) is 4. The molecule has 0 unspecified atom stereocenters. The fraction of sp³-hybridized carbons (Fsp3) is 0.412.